The van der Waals surface area contributed by atoms with Crippen molar-refractivity contribution >= 4 is 5.91 Å². The maximum absolute atomic E-state index is 12.5. The van der Waals surface area contributed by atoms with Crippen molar-refractivity contribution in [1.82, 2.24) is 14.7 Å². The van der Waals surface area contributed by atoms with Crippen molar-refractivity contribution in [3.8, 4) is 5.69 Å². The Balaban J connectivity index is 1.79. The second kappa shape index (κ2) is 5.69. The SMILES string of the molecule is Cc1cnn(-c2ccc(C(=O)N3CCCC3CO)cc2)c1. The van der Waals surface area contributed by atoms with E-state index in [4.69, 9.17) is 0 Å². The van der Waals surface area contributed by atoms with Gasteiger partial charge in [0.15, 0.2) is 0 Å². The lowest BCUT2D eigenvalue weighted by atomic mass is 10.1. The summed E-state index contributed by atoms with van der Waals surface area (Å²) in [7, 11) is 0. The third-order valence-corrected chi connectivity index (χ3v) is 3.94. The van der Waals surface area contributed by atoms with Crippen LogP contribution in [-0.4, -0.2) is 44.9 Å². The van der Waals surface area contributed by atoms with E-state index < -0.39 is 0 Å². The Bertz CT molecular complexity index is 633. The van der Waals surface area contributed by atoms with E-state index in [1.54, 1.807) is 15.8 Å². The van der Waals surface area contributed by atoms with Crippen molar-refractivity contribution in [1.29, 1.82) is 0 Å². The quantitative estimate of drug-likeness (QED) is 0.935. The maximum Gasteiger partial charge on any atom is 0.254 e. The molecular weight excluding hydrogens is 266 g/mol. The van der Waals surface area contributed by atoms with Crippen LogP contribution in [0.3, 0.4) is 0 Å². The van der Waals surface area contributed by atoms with Crippen LogP contribution < -0.4 is 0 Å². The third kappa shape index (κ3) is 2.69. The van der Waals surface area contributed by atoms with Crippen LogP contribution in [0.1, 0.15) is 28.8 Å². The molecule has 1 N–H and O–H groups in total. The van der Waals surface area contributed by atoms with E-state index in [2.05, 4.69) is 5.10 Å². The highest BCUT2D eigenvalue weighted by molar-refractivity contribution is 5.94. The molecule has 21 heavy (non-hydrogen) atoms. The van der Waals surface area contributed by atoms with Gasteiger partial charge in [-0.1, -0.05) is 0 Å². The fourth-order valence-corrected chi connectivity index (χ4v) is 2.77. The van der Waals surface area contributed by atoms with E-state index in [1.807, 2.05) is 37.4 Å². The van der Waals surface area contributed by atoms with E-state index in [9.17, 15) is 9.90 Å². The Labute approximate surface area is 123 Å². The minimum absolute atomic E-state index is 0.00486. The van der Waals surface area contributed by atoms with Crippen LogP contribution in [0, 0.1) is 6.92 Å². The van der Waals surface area contributed by atoms with Gasteiger partial charge >= 0.3 is 0 Å². The molecule has 3 rings (SSSR count). The number of carbonyl (C=O) groups is 1. The summed E-state index contributed by atoms with van der Waals surface area (Å²) < 4.78 is 1.79. The largest absolute Gasteiger partial charge is 0.394 e. The molecule has 1 aliphatic heterocycles. The summed E-state index contributed by atoms with van der Waals surface area (Å²) >= 11 is 0. The van der Waals surface area contributed by atoms with Gasteiger partial charge in [-0.15, -0.1) is 0 Å². The monoisotopic (exact) mass is 285 g/mol. The fourth-order valence-electron chi connectivity index (χ4n) is 2.77. The highest BCUT2D eigenvalue weighted by Gasteiger charge is 2.28. The molecule has 0 aliphatic carbocycles. The van der Waals surface area contributed by atoms with Gasteiger partial charge in [-0.2, -0.15) is 5.10 Å². The molecule has 1 aliphatic rings. The molecule has 1 atom stereocenters. The average Bonchev–Trinajstić information content (AvgIpc) is 3.15. The highest BCUT2D eigenvalue weighted by Crippen LogP contribution is 2.20. The number of rotatable bonds is 3. The number of benzene rings is 1. The summed E-state index contributed by atoms with van der Waals surface area (Å²) in [5.74, 6) is -0.00486. The maximum atomic E-state index is 12.5. The molecule has 1 fully saturated rings. The topological polar surface area (TPSA) is 58.4 Å². The van der Waals surface area contributed by atoms with Crippen LogP contribution in [-0.2, 0) is 0 Å². The molecule has 1 saturated heterocycles. The normalized spacial score (nSPS) is 18.2. The number of nitrogens with zero attached hydrogens (tertiary/aromatic N) is 3. The third-order valence-electron chi connectivity index (χ3n) is 3.94. The summed E-state index contributed by atoms with van der Waals surface area (Å²) in [6.07, 6.45) is 5.59. The zero-order valence-corrected chi connectivity index (χ0v) is 12.1. The molecule has 0 spiro atoms. The van der Waals surface area contributed by atoms with Gasteiger partial charge in [-0.05, 0) is 49.6 Å². The molecule has 5 heteroatoms. The molecule has 0 bridgehead atoms. The molecule has 1 aromatic heterocycles. The Hall–Kier alpha value is -2.14. The number of carbonyl (C=O) groups excluding carboxylic acids is 1. The smallest absolute Gasteiger partial charge is 0.254 e. The van der Waals surface area contributed by atoms with Gasteiger partial charge in [-0.3, -0.25) is 4.79 Å². The molecule has 0 radical (unpaired) electrons. The van der Waals surface area contributed by atoms with Crippen molar-refractivity contribution < 1.29 is 9.90 Å². The number of hydrogen-bond acceptors (Lipinski definition) is 3. The number of aliphatic hydroxyl groups excluding tert-OH is 1. The Morgan fingerprint density at radius 1 is 1.38 bits per heavy atom. The van der Waals surface area contributed by atoms with E-state index in [0.717, 1.165) is 30.6 Å². The van der Waals surface area contributed by atoms with Gasteiger partial charge in [0.05, 0.1) is 24.5 Å². The summed E-state index contributed by atoms with van der Waals surface area (Å²) in [5, 5.41) is 13.6. The molecule has 1 aromatic carbocycles. The first-order chi connectivity index (χ1) is 10.2. The van der Waals surface area contributed by atoms with Gasteiger partial charge in [-0.25, -0.2) is 4.68 Å². The van der Waals surface area contributed by atoms with Gasteiger partial charge in [0, 0.05) is 18.3 Å². The van der Waals surface area contributed by atoms with Crippen molar-refractivity contribution in [3.05, 3.63) is 47.8 Å². The molecule has 0 saturated carbocycles. The molecule has 2 aromatic rings. The number of amides is 1. The zero-order valence-electron chi connectivity index (χ0n) is 12.1. The Morgan fingerprint density at radius 3 is 2.76 bits per heavy atom. The summed E-state index contributed by atoms with van der Waals surface area (Å²) in [5.41, 5.74) is 2.68. The van der Waals surface area contributed by atoms with Crippen molar-refractivity contribution in [2.45, 2.75) is 25.8 Å². The number of aromatic nitrogens is 2. The van der Waals surface area contributed by atoms with E-state index >= 15 is 0 Å². The number of aryl methyl sites for hydroxylation is 1. The van der Waals surface area contributed by atoms with Crippen LogP contribution in [0.15, 0.2) is 36.7 Å². The van der Waals surface area contributed by atoms with Crippen molar-refractivity contribution in [3.63, 3.8) is 0 Å². The van der Waals surface area contributed by atoms with Gasteiger partial charge in [0.2, 0.25) is 0 Å². The molecule has 1 amide bonds. The minimum atomic E-state index is -0.0362. The van der Waals surface area contributed by atoms with Crippen molar-refractivity contribution in [2.24, 2.45) is 0 Å². The van der Waals surface area contributed by atoms with Crippen molar-refractivity contribution in [2.75, 3.05) is 13.2 Å². The van der Waals surface area contributed by atoms with Crippen LogP contribution in [0.25, 0.3) is 5.69 Å². The summed E-state index contributed by atoms with van der Waals surface area (Å²) in [4.78, 5) is 14.2. The first kappa shape index (κ1) is 13.8. The van der Waals surface area contributed by atoms with Gasteiger partial charge in [0.1, 0.15) is 0 Å². The molecule has 110 valence electrons. The van der Waals surface area contributed by atoms with Gasteiger partial charge < -0.3 is 10.0 Å². The van der Waals surface area contributed by atoms with E-state index in [-0.39, 0.29) is 18.6 Å². The lowest BCUT2D eigenvalue weighted by molar-refractivity contribution is 0.0677. The van der Waals surface area contributed by atoms with Crippen LogP contribution >= 0.6 is 0 Å². The van der Waals surface area contributed by atoms with Crippen LogP contribution in [0.5, 0.6) is 0 Å². The molecule has 5 nitrogen and oxygen atoms in total. The molecule has 1 unspecified atom stereocenters. The number of hydrogen-bond donors (Lipinski definition) is 1. The van der Waals surface area contributed by atoms with Crippen LogP contribution in [0.2, 0.25) is 0 Å². The second-order valence-electron chi connectivity index (χ2n) is 5.49. The van der Waals surface area contributed by atoms with E-state index in [0.29, 0.717) is 5.56 Å². The minimum Gasteiger partial charge on any atom is -0.394 e. The standard InChI is InChI=1S/C16H19N3O2/c1-12-9-17-19(10-12)14-6-4-13(5-7-14)16(21)18-8-2-3-15(18)11-20/h4-7,9-10,15,20H,2-3,8,11H2,1H3. The first-order valence-electron chi connectivity index (χ1n) is 7.22. The zero-order chi connectivity index (χ0) is 14.8. The first-order valence-corrected chi connectivity index (χ1v) is 7.22. The average molecular weight is 285 g/mol. The lowest BCUT2D eigenvalue weighted by Crippen LogP contribution is -2.37. The predicted octanol–water partition coefficient (Wildman–Crippen LogP) is 1.78. The second-order valence-corrected chi connectivity index (χ2v) is 5.49. The Kier molecular flexibility index (Phi) is 3.75. The Morgan fingerprint density at radius 2 is 2.14 bits per heavy atom. The highest BCUT2D eigenvalue weighted by atomic mass is 16.3. The van der Waals surface area contributed by atoms with Crippen LogP contribution in [0.4, 0.5) is 0 Å². The predicted molar refractivity (Wildman–Crippen MR) is 79.4 cm³/mol. The molecule has 2 heterocycles. The van der Waals surface area contributed by atoms with Gasteiger partial charge in [0.25, 0.3) is 5.91 Å². The number of aliphatic hydroxyl groups is 1. The summed E-state index contributed by atoms with van der Waals surface area (Å²) in [6, 6.07) is 7.39. The fraction of sp³-hybridized carbons (Fsp3) is 0.375. The summed E-state index contributed by atoms with van der Waals surface area (Å²) in [6.45, 7) is 2.75. The van der Waals surface area contributed by atoms with E-state index in [1.165, 1.54) is 0 Å². The number of likely N-dealkylation sites (tertiary alicyclic amines) is 1. The molecular formula is C16H19N3O2. The lowest BCUT2D eigenvalue weighted by Gasteiger charge is -2.23.